The Labute approximate surface area is 130 Å². The molecule has 0 N–H and O–H groups in total. The van der Waals surface area contributed by atoms with E-state index in [0.29, 0.717) is 23.4 Å². The highest BCUT2D eigenvalue weighted by molar-refractivity contribution is 5.84. The molecule has 0 radical (unpaired) electrons. The summed E-state index contributed by atoms with van der Waals surface area (Å²) in [6, 6.07) is 0. The number of nitrogens with zero attached hydrogens (tertiary/aromatic N) is 6. The van der Waals surface area contributed by atoms with Gasteiger partial charge in [0, 0.05) is 26.7 Å². The lowest BCUT2D eigenvalue weighted by atomic mass is 10.3. The number of allylic oxidation sites excluding steroid dienone is 1. The van der Waals surface area contributed by atoms with Crippen molar-refractivity contribution in [3.05, 3.63) is 18.5 Å². The summed E-state index contributed by atoms with van der Waals surface area (Å²) in [7, 11) is 3.73. The zero-order valence-electron chi connectivity index (χ0n) is 13.8. The number of imidazole rings is 1. The van der Waals surface area contributed by atoms with Crippen molar-refractivity contribution in [2.75, 3.05) is 14.1 Å². The van der Waals surface area contributed by atoms with Gasteiger partial charge in [-0.05, 0) is 6.42 Å². The van der Waals surface area contributed by atoms with Crippen LogP contribution in [-0.4, -0.2) is 44.9 Å². The SMILES string of the molecule is CC.CCC/C(F)=C\n1cnc2c(/N=C\N(C)C)ncnc21. The Balaban J connectivity index is 0.00000116. The van der Waals surface area contributed by atoms with Crippen molar-refractivity contribution in [3.63, 3.8) is 0 Å². The van der Waals surface area contributed by atoms with Crippen LogP contribution in [0, 0.1) is 0 Å². The molecule has 0 fully saturated rings. The number of halogens is 1. The number of hydrogen-bond acceptors (Lipinski definition) is 4. The highest BCUT2D eigenvalue weighted by atomic mass is 19.1. The Morgan fingerprint density at radius 1 is 1.32 bits per heavy atom. The molecule has 0 aliphatic rings. The van der Waals surface area contributed by atoms with E-state index in [1.54, 1.807) is 15.8 Å². The Bertz CT molecular complexity index is 645. The minimum absolute atomic E-state index is 0.205. The second-order valence-corrected chi connectivity index (χ2v) is 4.56. The molecule has 0 aliphatic heterocycles. The van der Waals surface area contributed by atoms with Crippen molar-refractivity contribution >= 4 is 29.5 Å². The minimum atomic E-state index is -0.205. The van der Waals surface area contributed by atoms with E-state index >= 15 is 0 Å². The highest BCUT2D eigenvalue weighted by Crippen LogP contribution is 2.21. The van der Waals surface area contributed by atoms with Crippen LogP contribution in [0.15, 0.2) is 23.5 Å². The molecule has 120 valence electrons. The van der Waals surface area contributed by atoms with Gasteiger partial charge in [0.25, 0.3) is 0 Å². The van der Waals surface area contributed by atoms with Gasteiger partial charge < -0.3 is 4.90 Å². The molecule has 0 spiro atoms. The molecule has 0 atom stereocenters. The minimum Gasteiger partial charge on any atom is -0.369 e. The number of fused-ring (bicyclic) bond motifs is 1. The summed E-state index contributed by atoms with van der Waals surface area (Å²) >= 11 is 0. The molecular formula is C15H23FN6. The van der Waals surface area contributed by atoms with Crippen molar-refractivity contribution in [3.8, 4) is 0 Å². The molecule has 2 rings (SSSR count). The Hall–Kier alpha value is -2.31. The second kappa shape index (κ2) is 8.86. The fraction of sp³-hybridized carbons (Fsp3) is 0.467. The van der Waals surface area contributed by atoms with E-state index < -0.39 is 0 Å². The van der Waals surface area contributed by atoms with Gasteiger partial charge in [-0.2, -0.15) is 0 Å². The van der Waals surface area contributed by atoms with E-state index in [9.17, 15) is 4.39 Å². The van der Waals surface area contributed by atoms with Crippen LogP contribution in [0.5, 0.6) is 0 Å². The molecule has 0 bridgehead atoms. The summed E-state index contributed by atoms with van der Waals surface area (Å²) in [6.45, 7) is 5.93. The first-order chi connectivity index (χ1) is 10.6. The molecule has 22 heavy (non-hydrogen) atoms. The topological polar surface area (TPSA) is 59.2 Å². The van der Waals surface area contributed by atoms with E-state index in [4.69, 9.17) is 0 Å². The van der Waals surface area contributed by atoms with E-state index in [0.717, 1.165) is 6.42 Å². The standard InChI is InChI=1S/C13H17FN6.C2H6/c1-4-5-10(14)6-20-9-17-11-12(18-8-19(2)3)15-7-16-13(11)20;1-2/h6-9H,4-5H2,1-3H3;1-2H3/b10-6+,18-8-;. The largest absolute Gasteiger partial charge is 0.369 e. The van der Waals surface area contributed by atoms with Gasteiger partial charge in [-0.15, -0.1) is 0 Å². The van der Waals surface area contributed by atoms with Crippen LogP contribution in [0.4, 0.5) is 10.2 Å². The van der Waals surface area contributed by atoms with Gasteiger partial charge in [-0.1, -0.05) is 20.8 Å². The summed E-state index contributed by atoms with van der Waals surface area (Å²) in [4.78, 5) is 18.4. The molecule has 0 aromatic carbocycles. The lowest BCUT2D eigenvalue weighted by molar-refractivity contribution is 0.587. The number of aromatic nitrogens is 4. The van der Waals surface area contributed by atoms with Crippen molar-refractivity contribution in [1.82, 2.24) is 24.4 Å². The quantitative estimate of drug-likeness (QED) is 0.625. The zero-order chi connectivity index (χ0) is 16.5. The molecule has 2 aromatic heterocycles. The predicted molar refractivity (Wildman–Crippen MR) is 88.8 cm³/mol. The number of aliphatic imine (C=N–C) groups is 1. The monoisotopic (exact) mass is 306 g/mol. The molecule has 0 amide bonds. The van der Waals surface area contributed by atoms with Crippen LogP contribution in [0.3, 0.4) is 0 Å². The van der Waals surface area contributed by atoms with Gasteiger partial charge in [0.05, 0.1) is 6.34 Å². The molecule has 6 nitrogen and oxygen atoms in total. The third kappa shape index (κ3) is 4.61. The van der Waals surface area contributed by atoms with Crippen LogP contribution in [0.25, 0.3) is 17.4 Å². The van der Waals surface area contributed by atoms with Crippen molar-refractivity contribution in [2.24, 2.45) is 4.99 Å². The summed E-state index contributed by atoms with van der Waals surface area (Å²) < 4.78 is 15.1. The fourth-order valence-corrected chi connectivity index (χ4v) is 1.65. The maximum atomic E-state index is 13.6. The molecule has 0 saturated heterocycles. The molecule has 0 unspecified atom stereocenters. The summed E-state index contributed by atoms with van der Waals surface area (Å²) in [6.07, 6.45) is 7.09. The first-order valence-electron chi connectivity index (χ1n) is 7.36. The zero-order valence-corrected chi connectivity index (χ0v) is 13.8. The van der Waals surface area contributed by atoms with Gasteiger partial charge in [-0.3, -0.25) is 4.57 Å². The fourth-order valence-electron chi connectivity index (χ4n) is 1.65. The average molecular weight is 306 g/mol. The average Bonchev–Trinajstić information content (AvgIpc) is 2.91. The van der Waals surface area contributed by atoms with Crippen LogP contribution in [-0.2, 0) is 0 Å². The van der Waals surface area contributed by atoms with Gasteiger partial charge >= 0.3 is 0 Å². The normalized spacial score (nSPS) is 11.6. The second-order valence-electron chi connectivity index (χ2n) is 4.56. The van der Waals surface area contributed by atoms with Gasteiger partial charge in [0.2, 0.25) is 0 Å². The van der Waals surface area contributed by atoms with E-state index in [1.165, 1.54) is 18.9 Å². The van der Waals surface area contributed by atoms with E-state index in [-0.39, 0.29) is 5.83 Å². The molecule has 0 saturated carbocycles. The number of hydrogen-bond donors (Lipinski definition) is 0. The Kier molecular flexibility index (Phi) is 7.15. The highest BCUT2D eigenvalue weighted by Gasteiger charge is 2.08. The molecule has 2 aromatic rings. The third-order valence-corrected chi connectivity index (χ3v) is 2.52. The third-order valence-electron chi connectivity index (χ3n) is 2.52. The molecule has 2 heterocycles. The van der Waals surface area contributed by atoms with Crippen molar-refractivity contribution < 1.29 is 4.39 Å². The maximum Gasteiger partial charge on any atom is 0.185 e. The summed E-state index contributed by atoms with van der Waals surface area (Å²) in [5, 5.41) is 0. The van der Waals surface area contributed by atoms with Crippen LogP contribution >= 0.6 is 0 Å². The predicted octanol–water partition coefficient (Wildman–Crippen LogP) is 3.64. The lowest BCUT2D eigenvalue weighted by Crippen LogP contribution is -2.07. The summed E-state index contributed by atoms with van der Waals surface area (Å²) in [5.74, 6) is 0.260. The van der Waals surface area contributed by atoms with Crippen LogP contribution in [0.2, 0.25) is 0 Å². The smallest absolute Gasteiger partial charge is 0.185 e. The number of rotatable bonds is 5. The van der Waals surface area contributed by atoms with Gasteiger partial charge in [0.15, 0.2) is 17.0 Å². The van der Waals surface area contributed by atoms with Crippen LogP contribution < -0.4 is 0 Å². The maximum absolute atomic E-state index is 13.6. The molecular weight excluding hydrogens is 283 g/mol. The molecule has 0 aliphatic carbocycles. The Morgan fingerprint density at radius 2 is 2.05 bits per heavy atom. The van der Waals surface area contributed by atoms with Crippen LogP contribution in [0.1, 0.15) is 33.6 Å². The summed E-state index contributed by atoms with van der Waals surface area (Å²) in [5.41, 5.74) is 1.09. The van der Waals surface area contributed by atoms with Gasteiger partial charge in [-0.25, -0.2) is 24.3 Å². The van der Waals surface area contributed by atoms with E-state index in [1.807, 2.05) is 34.9 Å². The van der Waals surface area contributed by atoms with Crippen molar-refractivity contribution in [2.45, 2.75) is 33.6 Å². The first-order valence-corrected chi connectivity index (χ1v) is 7.36. The first kappa shape index (κ1) is 17.7. The van der Waals surface area contributed by atoms with Crippen molar-refractivity contribution in [1.29, 1.82) is 0 Å². The van der Waals surface area contributed by atoms with E-state index in [2.05, 4.69) is 19.9 Å². The lowest BCUT2D eigenvalue weighted by Gasteiger charge is -2.02. The van der Waals surface area contributed by atoms with Gasteiger partial charge in [0.1, 0.15) is 18.5 Å². The Morgan fingerprint density at radius 3 is 2.68 bits per heavy atom. The molecule has 7 heteroatoms.